The SMILES string of the molecule is Nc1ccc(CC(c2ccsc2N)S(=O)(=O)Oc2ccc(N(CCCl)CCCl)cc2)cn1. The summed E-state index contributed by atoms with van der Waals surface area (Å²) in [5.41, 5.74) is 13.8. The number of anilines is 3. The number of aromatic nitrogens is 1. The van der Waals surface area contributed by atoms with Crippen LogP contribution in [0.4, 0.5) is 16.5 Å². The van der Waals surface area contributed by atoms with E-state index in [0.717, 1.165) is 5.69 Å². The third kappa shape index (κ3) is 6.19. The molecule has 0 bridgehead atoms. The maximum atomic E-state index is 13.3. The molecule has 172 valence electrons. The van der Waals surface area contributed by atoms with E-state index in [-0.39, 0.29) is 12.2 Å². The number of hydrogen-bond acceptors (Lipinski definition) is 8. The van der Waals surface area contributed by atoms with Crippen molar-refractivity contribution in [2.24, 2.45) is 0 Å². The van der Waals surface area contributed by atoms with Crippen LogP contribution in [0.25, 0.3) is 0 Å². The van der Waals surface area contributed by atoms with Gasteiger partial charge in [-0.2, -0.15) is 8.42 Å². The second kappa shape index (κ2) is 11.1. The van der Waals surface area contributed by atoms with Crippen LogP contribution < -0.4 is 20.6 Å². The summed E-state index contributed by atoms with van der Waals surface area (Å²) in [7, 11) is -4.07. The number of nitrogen functional groups attached to an aromatic ring is 2. The van der Waals surface area contributed by atoms with Gasteiger partial charge in [0.05, 0.1) is 5.00 Å². The van der Waals surface area contributed by atoms with Crippen molar-refractivity contribution < 1.29 is 12.6 Å². The summed E-state index contributed by atoms with van der Waals surface area (Å²) >= 11 is 13.0. The zero-order valence-corrected chi connectivity index (χ0v) is 20.3. The minimum atomic E-state index is -4.07. The maximum Gasteiger partial charge on any atom is 0.316 e. The molecule has 0 spiro atoms. The highest BCUT2D eigenvalue weighted by atomic mass is 35.5. The third-order valence-electron chi connectivity index (χ3n) is 4.81. The van der Waals surface area contributed by atoms with Crippen molar-refractivity contribution in [2.45, 2.75) is 11.7 Å². The van der Waals surface area contributed by atoms with Crippen molar-refractivity contribution in [1.82, 2.24) is 4.98 Å². The Kier molecular flexibility index (Phi) is 8.47. The van der Waals surface area contributed by atoms with Gasteiger partial charge in [0.1, 0.15) is 16.8 Å². The fourth-order valence-electron chi connectivity index (χ4n) is 3.21. The lowest BCUT2D eigenvalue weighted by atomic mass is 10.1. The van der Waals surface area contributed by atoms with Crippen molar-refractivity contribution in [3.63, 3.8) is 0 Å². The van der Waals surface area contributed by atoms with E-state index in [1.54, 1.807) is 54.0 Å². The third-order valence-corrected chi connectivity index (χ3v) is 7.46. The number of nitrogens with zero attached hydrogens (tertiary/aromatic N) is 2. The summed E-state index contributed by atoms with van der Waals surface area (Å²) in [4.78, 5) is 6.06. The lowest BCUT2D eigenvalue weighted by Gasteiger charge is -2.23. The van der Waals surface area contributed by atoms with Crippen LogP contribution in [0.3, 0.4) is 0 Å². The Balaban J connectivity index is 1.85. The Morgan fingerprint density at radius 3 is 2.25 bits per heavy atom. The molecule has 4 N–H and O–H groups in total. The lowest BCUT2D eigenvalue weighted by Crippen LogP contribution is -2.27. The maximum absolute atomic E-state index is 13.3. The summed E-state index contributed by atoms with van der Waals surface area (Å²) in [5.74, 6) is 1.47. The smallest absolute Gasteiger partial charge is 0.316 e. The molecule has 0 fully saturated rings. The second-order valence-corrected chi connectivity index (χ2v) is 10.4. The first-order valence-corrected chi connectivity index (χ1v) is 13.2. The van der Waals surface area contributed by atoms with E-state index < -0.39 is 15.4 Å². The molecular formula is C21H24Cl2N4O3S2. The topological polar surface area (TPSA) is 112 Å². The zero-order chi connectivity index (χ0) is 23.1. The van der Waals surface area contributed by atoms with Gasteiger partial charge >= 0.3 is 10.1 Å². The fraction of sp³-hybridized carbons (Fsp3) is 0.286. The average molecular weight is 515 g/mol. The molecule has 0 aliphatic rings. The first kappa shape index (κ1) is 24.4. The minimum absolute atomic E-state index is 0.147. The first-order chi connectivity index (χ1) is 15.3. The van der Waals surface area contributed by atoms with Crippen molar-refractivity contribution in [1.29, 1.82) is 0 Å². The van der Waals surface area contributed by atoms with Crippen molar-refractivity contribution in [2.75, 3.05) is 41.2 Å². The molecule has 11 heteroatoms. The Bertz CT molecular complexity index is 1100. The molecular weight excluding hydrogens is 491 g/mol. The normalized spacial score (nSPS) is 12.4. The highest BCUT2D eigenvalue weighted by Gasteiger charge is 2.32. The largest absolute Gasteiger partial charge is 0.390 e. The van der Waals surface area contributed by atoms with E-state index in [1.807, 2.05) is 4.90 Å². The van der Waals surface area contributed by atoms with Crippen LogP contribution in [-0.2, 0) is 16.5 Å². The zero-order valence-electron chi connectivity index (χ0n) is 17.2. The molecule has 0 saturated heterocycles. The minimum Gasteiger partial charge on any atom is -0.390 e. The standard InChI is InChI=1S/C21H24Cl2N4O3S2/c22-8-10-27(11-9-23)16-2-4-17(5-3-16)30-32(28,29)19(18-7-12-31-21(18)25)13-15-1-6-20(24)26-14-15/h1-7,12,14,19H,8-11,13,25H2,(H2,24,26). The lowest BCUT2D eigenvalue weighted by molar-refractivity contribution is 0.471. The Morgan fingerprint density at radius 1 is 1.03 bits per heavy atom. The average Bonchev–Trinajstić information content (AvgIpc) is 3.18. The van der Waals surface area contributed by atoms with Gasteiger partial charge in [0, 0.05) is 42.3 Å². The number of nitrogens with two attached hydrogens (primary N) is 2. The number of pyridine rings is 1. The summed E-state index contributed by atoms with van der Waals surface area (Å²) in [6, 6.07) is 11.9. The molecule has 1 unspecified atom stereocenters. The summed E-state index contributed by atoms with van der Waals surface area (Å²) < 4.78 is 32.1. The van der Waals surface area contributed by atoms with Crippen molar-refractivity contribution in [3.05, 3.63) is 65.2 Å². The van der Waals surface area contributed by atoms with Crippen molar-refractivity contribution >= 4 is 61.2 Å². The van der Waals surface area contributed by atoms with E-state index in [2.05, 4.69) is 4.98 Å². The van der Waals surface area contributed by atoms with Crippen LogP contribution in [0, 0.1) is 0 Å². The van der Waals surface area contributed by atoms with E-state index >= 15 is 0 Å². The molecule has 0 amide bonds. The van der Waals surface area contributed by atoms with Gasteiger partial charge in [0.25, 0.3) is 0 Å². The van der Waals surface area contributed by atoms with Gasteiger partial charge in [-0.1, -0.05) is 6.07 Å². The predicted molar refractivity (Wildman–Crippen MR) is 133 cm³/mol. The number of hydrogen-bond donors (Lipinski definition) is 2. The molecule has 3 aromatic rings. The van der Waals surface area contributed by atoms with Crippen LogP contribution >= 0.6 is 34.5 Å². The molecule has 3 rings (SSSR count). The molecule has 2 aromatic heterocycles. The van der Waals surface area contributed by atoms with Gasteiger partial charge in [-0.3, -0.25) is 0 Å². The van der Waals surface area contributed by atoms with Gasteiger partial charge in [0.15, 0.2) is 0 Å². The Labute approximate surface area is 202 Å². The predicted octanol–water partition coefficient (Wildman–Crippen LogP) is 4.28. The fourth-order valence-corrected chi connectivity index (χ4v) is 5.81. The quantitative estimate of drug-likeness (QED) is 0.290. The number of rotatable bonds is 11. The summed E-state index contributed by atoms with van der Waals surface area (Å²) in [6.45, 7) is 1.25. The van der Waals surface area contributed by atoms with E-state index in [0.29, 0.717) is 46.8 Å². The van der Waals surface area contributed by atoms with Gasteiger partial charge in [-0.15, -0.1) is 34.5 Å². The molecule has 0 aliphatic heterocycles. The van der Waals surface area contributed by atoms with Crippen LogP contribution in [0.15, 0.2) is 54.0 Å². The number of thiophene rings is 1. The molecule has 7 nitrogen and oxygen atoms in total. The van der Waals surface area contributed by atoms with Gasteiger partial charge in [-0.05, 0) is 53.8 Å². The van der Waals surface area contributed by atoms with E-state index in [9.17, 15) is 8.42 Å². The molecule has 1 atom stereocenters. The molecule has 1 aromatic carbocycles. The van der Waals surface area contributed by atoms with E-state index in [4.69, 9.17) is 38.9 Å². The van der Waals surface area contributed by atoms with Crippen LogP contribution in [-0.4, -0.2) is 38.3 Å². The summed E-state index contributed by atoms with van der Waals surface area (Å²) in [5, 5.41) is 1.19. The van der Waals surface area contributed by atoms with Gasteiger partial charge in [0.2, 0.25) is 0 Å². The van der Waals surface area contributed by atoms with Crippen LogP contribution in [0.1, 0.15) is 16.4 Å². The molecule has 0 saturated carbocycles. The Morgan fingerprint density at radius 2 is 1.72 bits per heavy atom. The number of halogens is 2. The highest BCUT2D eigenvalue weighted by molar-refractivity contribution is 7.87. The van der Waals surface area contributed by atoms with Crippen LogP contribution in [0.2, 0.25) is 0 Å². The molecule has 0 aliphatic carbocycles. The van der Waals surface area contributed by atoms with E-state index in [1.165, 1.54) is 11.3 Å². The molecule has 0 radical (unpaired) electrons. The van der Waals surface area contributed by atoms with Gasteiger partial charge in [-0.25, -0.2) is 4.98 Å². The highest BCUT2D eigenvalue weighted by Crippen LogP contribution is 2.35. The van der Waals surface area contributed by atoms with Crippen molar-refractivity contribution in [3.8, 4) is 5.75 Å². The Hall–Kier alpha value is -2.20. The monoisotopic (exact) mass is 514 g/mol. The number of benzene rings is 1. The molecule has 32 heavy (non-hydrogen) atoms. The molecule has 2 heterocycles. The van der Waals surface area contributed by atoms with Gasteiger partial charge < -0.3 is 20.6 Å². The summed E-state index contributed by atoms with van der Waals surface area (Å²) in [6.07, 6.45) is 1.70. The first-order valence-electron chi connectivity index (χ1n) is 9.77. The van der Waals surface area contributed by atoms with Crippen LogP contribution in [0.5, 0.6) is 5.75 Å². The second-order valence-electron chi connectivity index (χ2n) is 6.96. The number of alkyl halides is 2.